The zero-order chi connectivity index (χ0) is 16.6. The van der Waals surface area contributed by atoms with Crippen LogP contribution in [0, 0.1) is 6.92 Å². The highest BCUT2D eigenvalue weighted by atomic mass is 16.4. The number of fused-ring (bicyclic) bond motifs is 1. The number of hydrogen-bond acceptors (Lipinski definition) is 2. The van der Waals surface area contributed by atoms with Crippen LogP contribution < -0.4 is 0 Å². The van der Waals surface area contributed by atoms with Crippen molar-refractivity contribution in [2.24, 2.45) is 0 Å². The molecule has 114 valence electrons. The number of hydrogen-bond donors (Lipinski definition) is 2. The summed E-state index contributed by atoms with van der Waals surface area (Å²) < 4.78 is 0. The molecule has 2 N–H and O–H groups in total. The van der Waals surface area contributed by atoms with Crippen molar-refractivity contribution in [3.63, 3.8) is 0 Å². The minimum Gasteiger partial charge on any atom is -0.478 e. The van der Waals surface area contributed by atoms with Crippen molar-refractivity contribution in [1.82, 2.24) is 0 Å². The molecule has 0 saturated heterocycles. The van der Waals surface area contributed by atoms with E-state index in [0.29, 0.717) is 5.56 Å². The van der Waals surface area contributed by atoms with Crippen LogP contribution in [0.2, 0.25) is 0 Å². The smallest absolute Gasteiger partial charge is 0.336 e. The van der Waals surface area contributed by atoms with Gasteiger partial charge in [-0.05, 0) is 40.5 Å². The van der Waals surface area contributed by atoms with Crippen LogP contribution in [0.1, 0.15) is 26.3 Å². The fraction of sp³-hybridized carbons (Fsp3) is 0.0526. The highest BCUT2D eigenvalue weighted by Crippen LogP contribution is 2.33. The van der Waals surface area contributed by atoms with Gasteiger partial charge in [-0.2, -0.15) is 0 Å². The maximum atomic E-state index is 11.7. The molecule has 3 aromatic rings. The first-order chi connectivity index (χ1) is 11.0. The van der Waals surface area contributed by atoms with Gasteiger partial charge in [0.25, 0.3) is 0 Å². The van der Waals surface area contributed by atoms with Gasteiger partial charge in [0.15, 0.2) is 0 Å². The molecular formula is C19H14O4. The van der Waals surface area contributed by atoms with Gasteiger partial charge in [0, 0.05) is 0 Å². The van der Waals surface area contributed by atoms with Gasteiger partial charge in [-0.3, -0.25) is 0 Å². The second-order valence-corrected chi connectivity index (χ2v) is 5.30. The lowest BCUT2D eigenvalue weighted by Crippen LogP contribution is -2.09. The molecule has 0 aliphatic rings. The van der Waals surface area contributed by atoms with Crippen LogP contribution in [-0.4, -0.2) is 22.2 Å². The maximum Gasteiger partial charge on any atom is 0.336 e. The van der Waals surface area contributed by atoms with E-state index in [1.165, 1.54) is 13.0 Å². The molecule has 0 atom stereocenters. The first kappa shape index (κ1) is 14.8. The number of carboxylic acid groups (broad SMARTS) is 2. The third-order valence-corrected chi connectivity index (χ3v) is 3.99. The van der Waals surface area contributed by atoms with E-state index in [-0.39, 0.29) is 16.7 Å². The Balaban J connectivity index is 2.37. The molecule has 0 aromatic heterocycles. The van der Waals surface area contributed by atoms with E-state index in [0.717, 1.165) is 16.3 Å². The molecule has 0 radical (unpaired) electrons. The summed E-state index contributed by atoms with van der Waals surface area (Å²) in [5, 5.41) is 20.7. The van der Waals surface area contributed by atoms with Crippen LogP contribution >= 0.6 is 0 Å². The lowest BCUT2D eigenvalue weighted by Gasteiger charge is -2.13. The van der Waals surface area contributed by atoms with Gasteiger partial charge < -0.3 is 10.2 Å². The Morgan fingerprint density at radius 3 is 2.17 bits per heavy atom. The molecule has 0 fully saturated rings. The highest BCUT2D eigenvalue weighted by Gasteiger charge is 2.21. The van der Waals surface area contributed by atoms with Gasteiger partial charge in [0.05, 0.1) is 11.1 Å². The Hall–Kier alpha value is -3.14. The molecule has 0 heterocycles. The standard InChI is InChI=1S/C19H14O4/c1-11-13(18(20)21)9-10-16(17(11)19(22)23)15-8-4-6-12-5-2-3-7-14(12)15/h2-10H,1H3,(H,20,21)(H,22,23). The van der Waals surface area contributed by atoms with Crippen LogP contribution in [0.4, 0.5) is 0 Å². The topological polar surface area (TPSA) is 74.6 Å². The van der Waals surface area contributed by atoms with Crippen LogP contribution in [0.25, 0.3) is 21.9 Å². The fourth-order valence-electron chi connectivity index (χ4n) is 2.90. The molecule has 4 heteroatoms. The summed E-state index contributed by atoms with van der Waals surface area (Å²) in [6.45, 7) is 1.53. The summed E-state index contributed by atoms with van der Waals surface area (Å²) in [4.78, 5) is 23.0. The van der Waals surface area contributed by atoms with E-state index in [9.17, 15) is 19.8 Å². The number of rotatable bonds is 3. The molecule has 3 rings (SSSR count). The van der Waals surface area contributed by atoms with Crippen LogP contribution in [0.15, 0.2) is 54.6 Å². The van der Waals surface area contributed by atoms with Crippen LogP contribution in [0.3, 0.4) is 0 Å². The second kappa shape index (κ2) is 5.57. The van der Waals surface area contributed by atoms with E-state index in [1.807, 2.05) is 42.5 Å². The van der Waals surface area contributed by atoms with Crippen LogP contribution in [0.5, 0.6) is 0 Å². The SMILES string of the molecule is Cc1c(C(=O)O)ccc(-c2cccc3ccccc23)c1C(=O)O. The van der Waals surface area contributed by atoms with Gasteiger partial charge in [-0.25, -0.2) is 9.59 Å². The Bertz CT molecular complexity index is 936. The fourth-order valence-corrected chi connectivity index (χ4v) is 2.90. The number of carboxylic acids is 2. The first-order valence-electron chi connectivity index (χ1n) is 7.09. The van der Waals surface area contributed by atoms with Crippen molar-refractivity contribution < 1.29 is 19.8 Å². The van der Waals surface area contributed by atoms with Crippen molar-refractivity contribution >= 4 is 22.7 Å². The average Bonchev–Trinajstić information content (AvgIpc) is 2.53. The second-order valence-electron chi connectivity index (χ2n) is 5.30. The molecule has 4 nitrogen and oxygen atoms in total. The summed E-state index contributed by atoms with van der Waals surface area (Å²) in [6.07, 6.45) is 0. The molecule has 0 aliphatic carbocycles. The Kier molecular flexibility index (Phi) is 3.58. The molecule has 0 unspecified atom stereocenters. The summed E-state index contributed by atoms with van der Waals surface area (Å²) in [7, 11) is 0. The molecule has 0 spiro atoms. The van der Waals surface area contributed by atoms with Gasteiger partial charge in [-0.1, -0.05) is 48.5 Å². The minimum atomic E-state index is -1.13. The van der Waals surface area contributed by atoms with Gasteiger partial charge in [-0.15, -0.1) is 0 Å². The normalized spacial score (nSPS) is 10.7. The van der Waals surface area contributed by atoms with Crippen molar-refractivity contribution in [1.29, 1.82) is 0 Å². The quantitative estimate of drug-likeness (QED) is 0.760. The number of benzene rings is 3. The maximum absolute atomic E-state index is 11.7. The third-order valence-electron chi connectivity index (χ3n) is 3.99. The molecule has 0 saturated carbocycles. The monoisotopic (exact) mass is 306 g/mol. The first-order valence-corrected chi connectivity index (χ1v) is 7.09. The predicted molar refractivity (Wildman–Crippen MR) is 88.0 cm³/mol. The zero-order valence-corrected chi connectivity index (χ0v) is 12.4. The van der Waals surface area contributed by atoms with Crippen molar-refractivity contribution in [3.8, 4) is 11.1 Å². The van der Waals surface area contributed by atoms with Crippen molar-refractivity contribution in [3.05, 3.63) is 71.3 Å². The number of carbonyl (C=O) groups is 2. The molecule has 0 amide bonds. The molecule has 0 aliphatic heterocycles. The zero-order valence-electron chi connectivity index (χ0n) is 12.4. The van der Waals surface area contributed by atoms with E-state index < -0.39 is 11.9 Å². The molecular weight excluding hydrogens is 292 g/mol. The molecule has 0 bridgehead atoms. The average molecular weight is 306 g/mol. The summed E-state index contributed by atoms with van der Waals surface area (Å²) in [5.74, 6) is -2.26. The van der Waals surface area contributed by atoms with Gasteiger partial charge >= 0.3 is 11.9 Å². The summed E-state index contributed by atoms with van der Waals surface area (Å²) in [6, 6.07) is 16.4. The van der Waals surface area contributed by atoms with E-state index >= 15 is 0 Å². The van der Waals surface area contributed by atoms with E-state index in [1.54, 1.807) is 6.07 Å². The van der Waals surface area contributed by atoms with Crippen molar-refractivity contribution in [2.75, 3.05) is 0 Å². The lowest BCUT2D eigenvalue weighted by atomic mass is 9.90. The summed E-state index contributed by atoms with van der Waals surface area (Å²) in [5.41, 5.74) is 1.60. The highest BCUT2D eigenvalue weighted by molar-refractivity contribution is 6.06. The van der Waals surface area contributed by atoms with Gasteiger partial charge in [0.1, 0.15) is 0 Å². The molecule has 23 heavy (non-hydrogen) atoms. The van der Waals surface area contributed by atoms with E-state index in [4.69, 9.17) is 0 Å². The minimum absolute atomic E-state index is 0.00591. The Morgan fingerprint density at radius 1 is 0.783 bits per heavy atom. The van der Waals surface area contributed by atoms with Crippen molar-refractivity contribution in [2.45, 2.75) is 6.92 Å². The van der Waals surface area contributed by atoms with Crippen LogP contribution in [-0.2, 0) is 0 Å². The number of aromatic carboxylic acids is 2. The predicted octanol–water partition coefficient (Wildman–Crippen LogP) is 4.21. The molecule has 3 aromatic carbocycles. The Morgan fingerprint density at radius 2 is 1.48 bits per heavy atom. The van der Waals surface area contributed by atoms with E-state index in [2.05, 4.69) is 0 Å². The van der Waals surface area contributed by atoms with Gasteiger partial charge in [0.2, 0.25) is 0 Å². The lowest BCUT2D eigenvalue weighted by molar-refractivity contribution is 0.0696. The largest absolute Gasteiger partial charge is 0.478 e. The summed E-state index contributed by atoms with van der Waals surface area (Å²) >= 11 is 0. The Labute approximate surface area is 132 Å². The third kappa shape index (κ3) is 2.44.